The lowest BCUT2D eigenvalue weighted by atomic mass is 9.85. The monoisotopic (exact) mass is 492 g/mol. The molecule has 2 N–H and O–H groups in total. The number of nitrogens with zero attached hydrogens (tertiary/aromatic N) is 2. The van der Waals surface area contributed by atoms with E-state index in [-0.39, 0.29) is 21.2 Å². The summed E-state index contributed by atoms with van der Waals surface area (Å²) in [6.45, 7) is 8.73. The van der Waals surface area contributed by atoms with Crippen molar-refractivity contribution in [3.8, 4) is 0 Å². The Morgan fingerprint density at radius 2 is 1.74 bits per heavy atom. The topological polar surface area (TPSA) is 91.8 Å². The van der Waals surface area contributed by atoms with Gasteiger partial charge in [-0.3, -0.25) is 14.8 Å². The van der Waals surface area contributed by atoms with E-state index >= 15 is 0 Å². The third-order valence-electron chi connectivity index (χ3n) is 6.95. The van der Waals surface area contributed by atoms with Crippen molar-refractivity contribution in [3.05, 3.63) is 58.4 Å². The quantitative estimate of drug-likeness (QED) is 0.483. The minimum Gasteiger partial charge on any atom is -0.362 e. The van der Waals surface area contributed by atoms with Gasteiger partial charge in [0.2, 0.25) is 5.12 Å². The number of fused-ring (bicyclic) bond motifs is 1. The summed E-state index contributed by atoms with van der Waals surface area (Å²) >= 11 is 1.35. The number of carbonyl (C=O) groups is 1. The molecule has 3 aliphatic rings. The van der Waals surface area contributed by atoms with E-state index in [0.717, 1.165) is 58.3 Å². The first-order valence-electron chi connectivity index (χ1n) is 11.8. The number of nitrogens with one attached hydrogen (secondary N) is 2. The molecule has 0 fully saturated rings. The van der Waals surface area contributed by atoms with Crippen LogP contribution in [0.4, 0.5) is 0 Å². The zero-order chi connectivity index (χ0) is 25.0. The highest BCUT2D eigenvalue weighted by Crippen LogP contribution is 2.50. The summed E-state index contributed by atoms with van der Waals surface area (Å²) in [7, 11) is 3.24. The standard InChI is InChI=1S/C27H32N4O3S/c1-26(2)13-18(30-20(26)11-15-8-7-9-28-15)23-22-17(24(32)35-23)10-16(29-22)12-21-27(3,4)14-19(31-21)25(33-5)34-6/h7-12,23,25,28-29H,13-14H2,1-6H3/b20-11-,21-12-. The maximum atomic E-state index is 12.9. The summed E-state index contributed by atoms with van der Waals surface area (Å²) < 4.78 is 10.8. The summed E-state index contributed by atoms with van der Waals surface area (Å²) in [5.41, 5.74) is 7.23. The van der Waals surface area contributed by atoms with Crippen LogP contribution >= 0.6 is 11.8 Å². The summed E-state index contributed by atoms with van der Waals surface area (Å²) in [6, 6.07) is 5.96. The summed E-state index contributed by atoms with van der Waals surface area (Å²) in [5, 5.41) is -0.0117. The molecular formula is C27H32N4O3S. The molecule has 1 atom stereocenters. The lowest BCUT2D eigenvalue weighted by Crippen LogP contribution is -2.25. The smallest absolute Gasteiger partial charge is 0.222 e. The predicted molar refractivity (Wildman–Crippen MR) is 142 cm³/mol. The number of rotatable bonds is 6. The van der Waals surface area contributed by atoms with Gasteiger partial charge < -0.3 is 19.4 Å². The van der Waals surface area contributed by atoms with E-state index in [4.69, 9.17) is 19.5 Å². The maximum Gasteiger partial charge on any atom is 0.222 e. The van der Waals surface area contributed by atoms with E-state index < -0.39 is 6.29 Å². The van der Waals surface area contributed by atoms with E-state index in [2.05, 4.69) is 43.7 Å². The molecule has 0 amide bonds. The Balaban J connectivity index is 1.46. The number of hydrogen-bond acceptors (Lipinski definition) is 6. The number of thioether (sulfide) groups is 1. The van der Waals surface area contributed by atoms with Crippen LogP contribution in [0.15, 0.2) is 45.8 Å². The minimum absolute atomic E-state index is 0.0851. The normalized spacial score (nSPS) is 25.1. The van der Waals surface area contributed by atoms with Crippen molar-refractivity contribution in [1.82, 2.24) is 9.97 Å². The van der Waals surface area contributed by atoms with Gasteiger partial charge in [0.25, 0.3) is 0 Å². The molecule has 2 aromatic heterocycles. The fraction of sp³-hybridized carbons (Fsp3) is 0.444. The molecular weight excluding hydrogens is 460 g/mol. The molecule has 5 heterocycles. The summed E-state index contributed by atoms with van der Waals surface area (Å²) in [5.74, 6) is 0. The van der Waals surface area contributed by atoms with Crippen molar-refractivity contribution in [2.75, 3.05) is 14.2 Å². The third kappa shape index (κ3) is 4.39. The fourth-order valence-electron chi connectivity index (χ4n) is 5.03. The van der Waals surface area contributed by atoms with Crippen molar-refractivity contribution in [1.29, 1.82) is 0 Å². The van der Waals surface area contributed by atoms with Crippen LogP contribution in [0.5, 0.6) is 0 Å². The zero-order valence-electron chi connectivity index (χ0n) is 21.1. The van der Waals surface area contributed by atoms with Crippen molar-refractivity contribution in [3.63, 3.8) is 0 Å². The van der Waals surface area contributed by atoms with Gasteiger partial charge in [-0.05, 0) is 36.8 Å². The molecule has 0 spiro atoms. The van der Waals surface area contributed by atoms with Gasteiger partial charge in [-0.2, -0.15) is 0 Å². The van der Waals surface area contributed by atoms with Crippen LogP contribution in [-0.4, -0.2) is 47.0 Å². The summed E-state index contributed by atoms with van der Waals surface area (Å²) in [6.07, 6.45) is 7.17. The van der Waals surface area contributed by atoms with E-state index in [1.54, 1.807) is 14.2 Å². The van der Waals surface area contributed by atoms with Gasteiger partial charge in [-0.15, -0.1) is 0 Å². The molecule has 0 saturated heterocycles. The van der Waals surface area contributed by atoms with E-state index in [1.807, 2.05) is 30.5 Å². The Morgan fingerprint density at radius 3 is 2.43 bits per heavy atom. The second-order valence-electron chi connectivity index (χ2n) is 10.7. The number of H-pyrrole nitrogens is 2. The summed E-state index contributed by atoms with van der Waals surface area (Å²) in [4.78, 5) is 29.5. The van der Waals surface area contributed by atoms with Gasteiger partial charge in [-0.25, -0.2) is 0 Å². The van der Waals surface area contributed by atoms with Crippen molar-refractivity contribution >= 4 is 40.5 Å². The van der Waals surface area contributed by atoms with Gasteiger partial charge in [0.05, 0.1) is 16.5 Å². The minimum atomic E-state index is -0.451. The Bertz CT molecular complexity index is 1270. The van der Waals surface area contributed by atoms with Crippen LogP contribution in [0.25, 0.3) is 12.2 Å². The van der Waals surface area contributed by atoms with E-state index in [1.165, 1.54) is 11.8 Å². The van der Waals surface area contributed by atoms with Crippen LogP contribution in [0.3, 0.4) is 0 Å². The van der Waals surface area contributed by atoms with Crippen LogP contribution in [0.1, 0.15) is 73.2 Å². The van der Waals surface area contributed by atoms with Crippen LogP contribution in [-0.2, 0) is 9.47 Å². The molecule has 2 aromatic rings. The Labute approximate surface area is 210 Å². The number of aromatic nitrogens is 2. The molecule has 3 aliphatic heterocycles. The first kappa shape index (κ1) is 24.0. The molecule has 0 saturated carbocycles. The lowest BCUT2D eigenvalue weighted by Gasteiger charge is -2.19. The molecule has 0 bridgehead atoms. The Hall–Kier alpha value is -2.68. The Morgan fingerprint density at radius 1 is 1.06 bits per heavy atom. The molecule has 1 unspecified atom stereocenters. The number of carbonyl (C=O) groups excluding carboxylic acids is 1. The average molecular weight is 493 g/mol. The van der Waals surface area contributed by atoms with Gasteiger partial charge in [0.1, 0.15) is 0 Å². The zero-order valence-corrected chi connectivity index (χ0v) is 21.9. The van der Waals surface area contributed by atoms with Gasteiger partial charge in [0, 0.05) is 71.9 Å². The highest BCUT2D eigenvalue weighted by atomic mass is 32.2. The van der Waals surface area contributed by atoms with Crippen molar-refractivity contribution < 1.29 is 14.3 Å². The first-order valence-corrected chi connectivity index (χ1v) is 12.7. The molecule has 8 heteroatoms. The first-order chi connectivity index (χ1) is 16.6. The van der Waals surface area contributed by atoms with E-state index in [0.29, 0.717) is 0 Å². The van der Waals surface area contributed by atoms with Gasteiger partial charge >= 0.3 is 0 Å². The van der Waals surface area contributed by atoms with Crippen molar-refractivity contribution in [2.24, 2.45) is 20.8 Å². The number of aliphatic imine (C=N–C) groups is 2. The molecule has 0 aliphatic carbocycles. The van der Waals surface area contributed by atoms with Gasteiger partial charge in [-0.1, -0.05) is 39.5 Å². The molecule has 35 heavy (non-hydrogen) atoms. The van der Waals surface area contributed by atoms with E-state index in [9.17, 15) is 4.79 Å². The molecule has 5 rings (SSSR count). The second-order valence-corrected chi connectivity index (χ2v) is 11.7. The number of methoxy groups -OCH3 is 2. The van der Waals surface area contributed by atoms with Gasteiger partial charge in [0.15, 0.2) is 6.29 Å². The number of hydrogen-bond donors (Lipinski definition) is 2. The molecule has 7 nitrogen and oxygen atoms in total. The highest BCUT2D eigenvalue weighted by Gasteiger charge is 2.42. The SMILES string of the molecule is COC(OC)C1=N/C(=C\c2cc3c([nH]2)C(C2=N/C(=C\c4ccc[nH]4)C(C)(C)C2)SC3=O)C(C)(C)C1. The average Bonchev–Trinajstić information content (AvgIpc) is 3.58. The number of ether oxygens (including phenoxy) is 2. The van der Waals surface area contributed by atoms with Crippen LogP contribution in [0.2, 0.25) is 0 Å². The second kappa shape index (κ2) is 8.76. The third-order valence-corrected chi connectivity index (χ3v) is 8.12. The molecule has 0 radical (unpaired) electrons. The van der Waals surface area contributed by atoms with Crippen LogP contribution in [0, 0.1) is 10.8 Å². The van der Waals surface area contributed by atoms with Crippen molar-refractivity contribution in [2.45, 2.75) is 52.1 Å². The highest BCUT2D eigenvalue weighted by molar-refractivity contribution is 8.15. The fourth-order valence-corrected chi connectivity index (χ4v) is 6.11. The maximum absolute atomic E-state index is 12.9. The Kier molecular flexibility index (Phi) is 6.02. The number of allylic oxidation sites excluding steroid dienone is 2. The molecule has 184 valence electrons. The molecule has 0 aromatic carbocycles. The van der Waals surface area contributed by atoms with Crippen LogP contribution < -0.4 is 0 Å². The predicted octanol–water partition coefficient (Wildman–Crippen LogP) is 6.01. The lowest BCUT2D eigenvalue weighted by molar-refractivity contribution is -0.0532. The largest absolute Gasteiger partial charge is 0.362 e. The number of aromatic amines is 2.